The minimum absolute atomic E-state index is 0.0417. The third-order valence-electron chi connectivity index (χ3n) is 5.89. The summed E-state index contributed by atoms with van der Waals surface area (Å²) in [7, 11) is 0. The van der Waals surface area contributed by atoms with Crippen molar-refractivity contribution in [3.05, 3.63) is 91.0 Å². The predicted octanol–water partition coefficient (Wildman–Crippen LogP) is 8.59. The molecule has 0 aliphatic rings. The molecular weight excluding hydrogens is 477 g/mol. The highest BCUT2D eigenvalue weighted by Gasteiger charge is 2.40. The van der Waals surface area contributed by atoms with E-state index in [0.29, 0.717) is 5.39 Å². The van der Waals surface area contributed by atoms with Gasteiger partial charge in [-0.2, -0.15) is 13.2 Å². The van der Waals surface area contributed by atoms with Crippen molar-refractivity contribution in [2.45, 2.75) is 5.51 Å². The Kier molecular flexibility index (Phi) is 4.86. The maximum absolute atomic E-state index is 12.9. The molecule has 0 amide bonds. The number of halogens is 3. The lowest BCUT2D eigenvalue weighted by atomic mass is 9.93. The third-order valence-corrected chi connectivity index (χ3v) is 7.74. The largest absolute Gasteiger partial charge is 0.508 e. The molecule has 7 heteroatoms. The molecule has 0 aliphatic carbocycles. The van der Waals surface area contributed by atoms with Crippen LogP contribution < -0.4 is 4.18 Å². The quantitative estimate of drug-likeness (QED) is 0.231. The number of hydrogen-bond acceptors (Lipinski definition) is 3. The van der Waals surface area contributed by atoms with Crippen LogP contribution in [0.4, 0.5) is 13.2 Å². The minimum atomic E-state index is -4.96. The Labute approximate surface area is 198 Å². The van der Waals surface area contributed by atoms with Gasteiger partial charge in [-0.15, -0.1) is 11.3 Å². The topological polar surface area (TPSA) is 26.3 Å². The zero-order chi connectivity index (χ0) is 23.4. The normalized spacial score (nSPS) is 13.1. The summed E-state index contributed by atoms with van der Waals surface area (Å²) >= 11 is -1.98. The van der Waals surface area contributed by atoms with Crippen LogP contribution in [0.1, 0.15) is 0 Å². The van der Waals surface area contributed by atoms with Crippen molar-refractivity contribution < 1.29 is 21.6 Å². The lowest BCUT2D eigenvalue weighted by molar-refractivity contribution is -0.0437. The van der Waals surface area contributed by atoms with Gasteiger partial charge in [0, 0.05) is 20.2 Å². The molecule has 6 aromatic rings. The molecule has 6 rings (SSSR count). The Morgan fingerprint density at radius 3 is 2.24 bits per heavy atom. The number of rotatable bonds is 3. The van der Waals surface area contributed by atoms with Crippen LogP contribution >= 0.6 is 11.3 Å². The van der Waals surface area contributed by atoms with Crippen molar-refractivity contribution >= 4 is 64.1 Å². The van der Waals surface area contributed by atoms with Gasteiger partial charge >= 0.3 is 16.6 Å². The highest BCUT2D eigenvalue weighted by atomic mass is 32.2. The molecule has 1 atom stereocenters. The standard InChI is InChI=1S/C27H15F3O2S2/c28-27(29,30)34(31)32-23-10-5-11-25-26(23)22-15-17(12-13-24(22)33-25)21-14-16-6-1-2-7-18(16)19-8-3-4-9-20(19)21/h1-15H. The van der Waals surface area contributed by atoms with Crippen LogP contribution in [0.5, 0.6) is 5.75 Å². The summed E-state index contributed by atoms with van der Waals surface area (Å²) in [5.74, 6) is -0.0417. The van der Waals surface area contributed by atoms with Gasteiger partial charge in [-0.05, 0) is 63.0 Å². The van der Waals surface area contributed by atoms with E-state index in [1.54, 1.807) is 6.07 Å². The first kappa shape index (κ1) is 21.1. The maximum atomic E-state index is 12.9. The van der Waals surface area contributed by atoms with Gasteiger partial charge in [-0.3, -0.25) is 0 Å². The van der Waals surface area contributed by atoms with Gasteiger partial charge in [0.05, 0.1) is 0 Å². The van der Waals surface area contributed by atoms with Crippen LogP contribution in [0.2, 0.25) is 0 Å². The summed E-state index contributed by atoms with van der Waals surface area (Å²) in [6, 6.07) is 29.4. The fourth-order valence-corrected chi connectivity index (χ4v) is 5.95. The second-order valence-corrected chi connectivity index (χ2v) is 10.1. The minimum Gasteiger partial charge on any atom is -0.393 e. The molecule has 5 aromatic carbocycles. The van der Waals surface area contributed by atoms with Crippen LogP contribution in [-0.4, -0.2) is 9.72 Å². The summed E-state index contributed by atoms with van der Waals surface area (Å²) in [5.41, 5.74) is -2.97. The number of fused-ring (bicyclic) bond motifs is 6. The van der Waals surface area contributed by atoms with E-state index in [9.17, 15) is 17.4 Å². The molecule has 34 heavy (non-hydrogen) atoms. The van der Waals surface area contributed by atoms with Gasteiger partial charge in [-0.1, -0.05) is 60.7 Å². The Hall–Kier alpha value is -3.42. The molecule has 0 radical (unpaired) electrons. The van der Waals surface area contributed by atoms with Crippen LogP contribution in [0.15, 0.2) is 91.0 Å². The first-order valence-corrected chi connectivity index (χ1v) is 12.3. The molecule has 0 spiro atoms. The molecule has 168 valence electrons. The van der Waals surface area contributed by atoms with E-state index >= 15 is 0 Å². The van der Waals surface area contributed by atoms with E-state index in [4.69, 9.17) is 4.18 Å². The lowest BCUT2D eigenvalue weighted by Crippen LogP contribution is -2.20. The second kappa shape index (κ2) is 7.82. The summed E-state index contributed by atoms with van der Waals surface area (Å²) < 4.78 is 57.0. The number of alkyl halides is 3. The average molecular weight is 493 g/mol. The van der Waals surface area contributed by atoms with E-state index in [1.165, 1.54) is 17.4 Å². The Morgan fingerprint density at radius 1 is 0.706 bits per heavy atom. The summed E-state index contributed by atoms with van der Waals surface area (Å²) in [4.78, 5) is 0. The fourth-order valence-electron chi connectivity index (χ4n) is 4.45. The SMILES string of the molecule is O=S(Oc1cccc2sc3ccc(-c4cc5ccccc5c5ccccc45)cc3c12)C(F)(F)F. The molecule has 0 fully saturated rings. The molecule has 0 saturated heterocycles. The van der Waals surface area contributed by atoms with Crippen LogP contribution in [0, 0.1) is 0 Å². The van der Waals surface area contributed by atoms with Gasteiger partial charge in [0.15, 0.2) is 0 Å². The highest BCUT2D eigenvalue weighted by molar-refractivity contribution is 7.81. The van der Waals surface area contributed by atoms with Crippen molar-refractivity contribution in [3.8, 4) is 16.9 Å². The summed E-state index contributed by atoms with van der Waals surface area (Å²) in [6.07, 6.45) is 0. The van der Waals surface area contributed by atoms with Crippen LogP contribution in [-0.2, 0) is 11.1 Å². The fraction of sp³-hybridized carbons (Fsp3) is 0.0370. The third kappa shape index (κ3) is 3.43. The number of thiophene rings is 1. The van der Waals surface area contributed by atoms with Gasteiger partial charge < -0.3 is 4.18 Å². The molecule has 0 saturated carbocycles. The van der Waals surface area contributed by atoms with Gasteiger partial charge in [0.2, 0.25) is 0 Å². The van der Waals surface area contributed by atoms with E-state index in [2.05, 4.69) is 30.3 Å². The van der Waals surface area contributed by atoms with E-state index in [0.717, 1.165) is 47.5 Å². The molecule has 0 bridgehead atoms. The van der Waals surface area contributed by atoms with Crippen molar-refractivity contribution in [1.29, 1.82) is 0 Å². The van der Waals surface area contributed by atoms with Gasteiger partial charge in [0.25, 0.3) is 0 Å². The molecule has 1 aromatic heterocycles. The van der Waals surface area contributed by atoms with Crippen molar-refractivity contribution in [2.24, 2.45) is 0 Å². The van der Waals surface area contributed by atoms with Gasteiger partial charge in [-0.25, -0.2) is 4.21 Å². The smallest absolute Gasteiger partial charge is 0.393 e. The summed E-state index contributed by atoms with van der Waals surface area (Å²) in [5, 5.41) is 5.80. The maximum Gasteiger partial charge on any atom is 0.508 e. The number of hydrogen-bond donors (Lipinski definition) is 0. The van der Waals surface area contributed by atoms with Crippen LogP contribution in [0.3, 0.4) is 0 Å². The second-order valence-electron chi connectivity index (χ2n) is 7.90. The predicted molar refractivity (Wildman–Crippen MR) is 135 cm³/mol. The monoisotopic (exact) mass is 492 g/mol. The van der Waals surface area contributed by atoms with E-state index in [1.807, 2.05) is 48.5 Å². The molecule has 2 nitrogen and oxygen atoms in total. The number of benzene rings is 5. The van der Waals surface area contributed by atoms with Crippen molar-refractivity contribution in [1.82, 2.24) is 0 Å². The molecule has 1 heterocycles. The molecule has 0 aliphatic heterocycles. The Balaban J connectivity index is 1.60. The zero-order valence-electron chi connectivity index (χ0n) is 17.4. The van der Waals surface area contributed by atoms with Crippen LogP contribution in [0.25, 0.3) is 52.8 Å². The van der Waals surface area contributed by atoms with Crippen molar-refractivity contribution in [2.75, 3.05) is 0 Å². The van der Waals surface area contributed by atoms with E-state index in [-0.39, 0.29) is 5.75 Å². The highest BCUT2D eigenvalue weighted by Crippen LogP contribution is 2.43. The average Bonchev–Trinajstić information content (AvgIpc) is 3.22. The van der Waals surface area contributed by atoms with Crippen molar-refractivity contribution in [3.63, 3.8) is 0 Å². The molecule has 0 N–H and O–H groups in total. The Bertz CT molecular complexity index is 1750. The first-order chi connectivity index (χ1) is 16.4. The zero-order valence-corrected chi connectivity index (χ0v) is 19.1. The summed E-state index contributed by atoms with van der Waals surface area (Å²) in [6.45, 7) is 0. The lowest BCUT2D eigenvalue weighted by Gasteiger charge is -2.12. The molecule has 1 unspecified atom stereocenters. The van der Waals surface area contributed by atoms with Gasteiger partial charge in [0.1, 0.15) is 5.75 Å². The first-order valence-electron chi connectivity index (χ1n) is 10.4. The van der Waals surface area contributed by atoms with E-state index < -0.39 is 16.6 Å². The molecular formula is C27H15F3O2S2. The Morgan fingerprint density at radius 2 is 1.44 bits per heavy atom.